The quantitative estimate of drug-likeness (QED) is 0.310. The fraction of sp³-hybridized carbons (Fsp3) is 0.688. The van der Waals surface area contributed by atoms with Crippen molar-refractivity contribution in [2.24, 2.45) is 0 Å². The van der Waals surface area contributed by atoms with Crippen LogP contribution in [-0.4, -0.2) is 38.4 Å². The van der Waals surface area contributed by atoms with Gasteiger partial charge in [-0.15, -0.1) is 15.7 Å². The van der Waals surface area contributed by atoms with Crippen molar-refractivity contribution in [2.75, 3.05) is 19.9 Å². The van der Waals surface area contributed by atoms with Gasteiger partial charge in [0, 0.05) is 17.2 Å². The van der Waals surface area contributed by atoms with Crippen LogP contribution in [0.4, 0.5) is 26.7 Å². The molecule has 10 heteroatoms. The zero-order chi connectivity index (χ0) is 19.4. The van der Waals surface area contributed by atoms with E-state index in [0.717, 1.165) is 0 Å². The first-order chi connectivity index (χ1) is 12.3. The molecule has 150 valence electrons. The standard InChI is InChI=1S/C8H14F4.C8H7FO4S/c9-7-5-3-1-2-4-6-8(10,11)12;9-8(10)12-2-5-1-11-6-3-14-4-7(6)13-5/h1-7H2;3-5H,1-2H2. The molecule has 1 aromatic rings. The molecule has 0 N–H and O–H groups in total. The summed E-state index contributed by atoms with van der Waals surface area (Å²) in [7, 11) is 0. The maximum Gasteiger partial charge on any atom is 0.495 e. The molecule has 0 saturated heterocycles. The van der Waals surface area contributed by atoms with Crippen LogP contribution >= 0.6 is 11.3 Å². The van der Waals surface area contributed by atoms with Crippen molar-refractivity contribution in [1.29, 1.82) is 0 Å². The van der Waals surface area contributed by atoms with Gasteiger partial charge in [0.05, 0.1) is 6.67 Å². The molecule has 1 aliphatic heterocycles. The van der Waals surface area contributed by atoms with Gasteiger partial charge in [-0.2, -0.15) is 13.2 Å². The molecule has 2 heterocycles. The fourth-order valence-electron chi connectivity index (χ4n) is 2.05. The van der Waals surface area contributed by atoms with E-state index in [1.807, 2.05) is 5.38 Å². The zero-order valence-corrected chi connectivity index (χ0v) is 14.8. The van der Waals surface area contributed by atoms with Crippen molar-refractivity contribution in [1.82, 2.24) is 0 Å². The minimum atomic E-state index is -4.03. The van der Waals surface area contributed by atoms with Crippen LogP contribution in [0.3, 0.4) is 0 Å². The number of thiophene rings is 1. The summed E-state index contributed by atoms with van der Waals surface area (Å²) in [6, 6.07) is 0. The largest absolute Gasteiger partial charge is 0.495 e. The molecule has 0 saturated carbocycles. The van der Waals surface area contributed by atoms with Gasteiger partial charge in [0.2, 0.25) is 0 Å². The van der Waals surface area contributed by atoms with E-state index >= 15 is 0 Å². The van der Waals surface area contributed by atoms with Crippen molar-refractivity contribution >= 4 is 17.6 Å². The van der Waals surface area contributed by atoms with Crippen LogP contribution in [0.2, 0.25) is 0 Å². The maximum atomic E-state index is 11.7. The van der Waals surface area contributed by atoms with Gasteiger partial charge in [-0.25, -0.2) is 4.79 Å². The number of ether oxygens (including phenoxy) is 3. The number of hydrogen-bond donors (Lipinski definition) is 0. The lowest BCUT2D eigenvalue weighted by molar-refractivity contribution is -0.135. The first-order valence-electron chi connectivity index (χ1n) is 8.12. The second kappa shape index (κ2) is 11.9. The summed E-state index contributed by atoms with van der Waals surface area (Å²) < 4.78 is 72.8. The molecule has 2 rings (SSSR count). The Hall–Kier alpha value is -1.58. The molecule has 1 atom stereocenters. The number of carbonyl (C=O) groups excluding carboxylic acids is 1. The highest BCUT2D eigenvalue weighted by Crippen LogP contribution is 2.35. The molecular weight excluding hydrogens is 383 g/mol. The summed E-state index contributed by atoms with van der Waals surface area (Å²) in [6.45, 7) is -0.235. The lowest BCUT2D eigenvalue weighted by atomic mass is 10.1. The number of hydrogen-bond acceptors (Lipinski definition) is 5. The van der Waals surface area contributed by atoms with E-state index < -0.39 is 24.9 Å². The lowest BCUT2D eigenvalue weighted by Gasteiger charge is -2.23. The number of carbonyl (C=O) groups is 1. The highest BCUT2D eigenvalue weighted by Gasteiger charge is 2.25. The van der Waals surface area contributed by atoms with Crippen molar-refractivity contribution in [2.45, 2.75) is 50.8 Å². The minimum absolute atomic E-state index is 0.134. The fourth-order valence-corrected chi connectivity index (χ4v) is 2.72. The third-order valence-corrected chi connectivity index (χ3v) is 3.99. The predicted molar refractivity (Wildman–Crippen MR) is 86.4 cm³/mol. The van der Waals surface area contributed by atoms with Crippen LogP contribution in [0, 0.1) is 0 Å². The molecule has 0 amide bonds. The van der Waals surface area contributed by atoms with E-state index in [1.165, 1.54) is 11.3 Å². The molecule has 0 aliphatic carbocycles. The number of fused-ring (bicyclic) bond motifs is 1. The van der Waals surface area contributed by atoms with Crippen molar-refractivity contribution < 1.29 is 41.0 Å². The Morgan fingerprint density at radius 2 is 1.81 bits per heavy atom. The third-order valence-electron chi connectivity index (χ3n) is 3.29. The van der Waals surface area contributed by atoms with Gasteiger partial charge in [0.25, 0.3) is 0 Å². The number of rotatable bonds is 8. The Labute approximate surface area is 152 Å². The lowest BCUT2D eigenvalue weighted by Crippen LogP contribution is -2.33. The molecule has 0 aromatic carbocycles. The molecule has 0 fully saturated rings. The Kier molecular flexibility index (Phi) is 10.3. The Morgan fingerprint density at radius 3 is 2.46 bits per heavy atom. The highest BCUT2D eigenvalue weighted by atomic mass is 32.1. The molecule has 26 heavy (non-hydrogen) atoms. The summed E-state index contributed by atoms with van der Waals surface area (Å²) in [5, 5.41) is 3.59. The monoisotopic (exact) mass is 404 g/mol. The number of halogens is 5. The van der Waals surface area contributed by atoms with Gasteiger partial charge in [-0.1, -0.05) is 19.3 Å². The first kappa shape index (κ1) is 22.5. The van der Waals surface area contributed by atoms with E-state index in [4.69, 9.17) is 9.47 Å². The highest BCUT2D eigenvalue weighted by molar-refractivity contribution is 7.08. The maximum absolute atomic E-state index is 11.7. The van der Waals surface area contributed by atoms with Gasteiger partial charge in [0.1, 0.15) is 13.2 Å². The first-order valence-corrected chi connectivity index (χ1v) is 9.06. The van der Waals surface area contributed by atoms with E-state index in [-0.39, 0.29) is 26.3 Å². The van der Waals surface area contributed by atoms with E-state index in [2.05, 4.69) is 4.74 Å². The van der Waals surface area contributed by atoms with Crippen LogP contribution in [0.5, 0.6) is 11.5 Å². The molecule has 0 radical (unpaired) electrons. The van der Waals surface area contributed by atoms with Crippen LogP contribution < -0.4 is 9.47 Å². The second-order valence-electron chi connectivity index (χ2n) is 5.52. The molecule has 1 aromatic heterocycles. The van der Waals surface area contributed by atoms with Gasteiger partial charge in [-0.05, 0) is 12.8 Å². The van der Waals surface area contributed by atoms with Crippen molar-refractivity contribution in [3.63, 3.8) is 0 Å². The van der Waals surface area contributed by atoms with Crippen molar-refractivity contribution in [3.05, 3.63) is 10.8 Å². The SMILES string of the molecule is FCCCCCCCC(F)(F)F.O=C(F)OCC1COc2cscc2O1. The summed E-state index contributed by atoms with van der Waals surface area (Å²) in [5.74, 6) is 1.29. The summed E-state index contributed by atoms with van der Waals surface area (Å²) >= 11 is 1.45. The van der Waals surface area contributed by atoms with Gasteiger partial charge in [-0.3, -0.25) is 4.39 Å². The molecule has 4 nitrogen and oxygen atoms in total. The average molecular weight is 404 g/mol. The Bertz CT molecular complexity index is 521. The molecule has 1 unspecified atom stereocenters. The number of alkyl halides is 4. The van der Waals surface area contributed by atoms with E-state index in [9.17, 15) is 26.7 Å². The van der Waals surface area contributed by atoms with Crippen LogP contribution in [0.25, 0.3) is 0 Å². The summed E-state index contributed by atoms with van der Waals surface area (Å²) in [4.78, 5) is 9.90. The number of unbranched alkanes of at least 4 members (excludes halogenated alkanes) is 4. The Morgan fingerprint density at radius 1 is 1.15 bits per heavy atom. The normalized spacial score (nSPS) is 15.8. The summed E-state index contributed by atoms with van der Waals surface area (Å²) in [5.41, 5.74) is 0. The predicted octanol–water partition coefficient (Wildman–Crippen LogP) is 5.85. The van der Waals surface area contributed by atoms with Gasteiger partial charge in [0.15, 0.2) is 17.6 Å². The molecule has 0 bridgehead atoms. The summed E-state index contributed by atoms with van der Waals surface area (Å²) in [6.07, 6.45) is -4.35. The zero-order valence-electron chi connectivity index (χ0n) is 14.0. The molecular formula is C16H21F5O4S. The molecule has 1 aliphatic rings. The van der Waals surface area contributed by atoms with E-state index in [0.29, 0.717) is 37.2 Å². The van der Waals surface area contributed by atoms with Crippen LogP contribution in [0.1, 0.15) is 38.5 Å². The van der Waals surface area contributed by atoms with Crippen LogP contribution in [-0.2, 0) is 4.74 Å². The smallest absolute Gasteiger partial charge is 0.485 e. The van der Waals surface area contributed by atoms with Gasteiger partial charge < -0.3 is 14.2 Å². The third kappa shape index (κ3) is 10.4. The average Bonchev–Trinajstić information content (AvgIpc) is 3.03. The molecule has 0 spiro atoms. The van der Waals surface area contributed by atoms with Crippen LogP contribution in [0.15, 0.2) is 10.8 Å². The minimum Gasteiger partial charge on any atom is -0.485 e. The topological polar surface area (TPSA) is 44.8 Å². The van der Waals surface area contributed by atoms with Gasteiger partial charge >= 0.3 is 12.4 Å². The Balaban J connectivity index is 0.000000265. The second-order valence-corrected chi connectivity index (χ2v) is 6.27. The van der Waals surface area contributed by atoms with E-state index in [1.54, 1.807) is 5.38 Å². The van der Waals surface area contributed by atoms with Crippen molar-refractivity contribution in [3.8, 4) is 11.5 Å².